The quantitative estimate of drug-likeness (QED) is 0.244. The van der Waals surface area contributed by atoms with Crippen molar-refractivity contribution in [2.75, 3.05) is 0 Å². The van der Waals surface area contributed by atoms with Gasteiger partial charge in [0.2, 0.25) is 13.4 Å². The number of rotatable bonds is 2. The van der Waals surface area contributed by atoms with Crippen molar-refractivity contribution in [1.29, 1.82) is 10.5 Å². The van der Waals surface area contributed by atoms with Crippen molar-refractivity contribution in [3.05, 3.63) is 157 Å². The maximum atomic E-state index is 9.97. The van der Waals surface area contributed by atoms with E-state index in [9.17, 15) is 10.5 Å². The van der Waals surface area contributed by atoms with Crippen LogP contribution >= 0.6 is 0 Å². The van der Waals surface area contributed by atoms with Crippen LogP contribution in [0, 0.1) is 22.7 Å². The maximum absolute atomic E-state index is 9.97. The number of benzene rings is 7. The average molecular weight is 630 g/mol. The molecule has 11 rings (SSSR count). The van der Waals surface area contributed by atoms with E-state index in [-0.39, 0.29) is 13.4 Å². The van der Waals surface area contributed by atoms with Gasteiger partial charge in [-0.3, -0.25) is 0 Å². The van der Waals surface area contributed by atoms with Crippen LogP contribution in [0.5, 0.6) is 0 Å². The molecule has 7 aromatic carbocycles. The fraction of sp³-hybridized carbons (Fsp3) is 0. The van der Waals surface area contributed by atoms with E-state index in [0.29, 0.717) is 11.1 Å². The molecule has 0 N–H and O–H groups in total. The lowest BCUT2D eigenvalue weighted by Gasteiger charge is -2.33. The predicted molar refractivity (Wildman–Crippen MR) is 207 cm³/mol. The molecule has 4 nitrogen and oxygen atoms in total. The highest BCUT2D eigenvalue weighted by molar-refractivity contribution is 7.00. The fourth-order valence-electron chi connectivity index (χ4n) is 9.14. The fourth-order valence-corrected chi connectivity index (χ4v) is 9.14. The highest BCUT2D eigenvalue weighted by atomic mass is 15.0. The maximum Gasteiger partial charge on any atom is 0.246 e. The van der Waals surface area contributed by atoms with Crippen molar-refractivity contribution < 1.29 is 0 Å². The molecule has 2 aliphatic rings. The number of aromatic nitrogens is 2. The molecular formula is C44H24B2N4. The average Bonchev–Trinajstić information content (AvgIpc) is 3.70. The van der Waals surface area contributed by atoms with Gasteiger partial charge in [0.15, 0.2) is 0 Å². The standard InChI is InChI=1S/C44H24B2N4/c47-25-27-9-5-11-29(21-27)45-35-17-7-15-33-31-13-1-3-19-39(31)49(43(33)35)41-23-38-42(24-37(41)45)50-40-20-4-2-14-32(40)34-16-8-18-36(44(34)50)46(38)30-12-6-10-28(22-30)26-48/h1-24H. The van der Waals surface area contributed by atoms with Gasteiger partial charge >= 0.3 is 0 Å². The Hall–Kier alpha value is -6.75. The molecule has 50 heavy (non-hydrogen) atoms. The lowest BCUT2D eigenvalue weighted by Crippen LogP contribution is -2.59. The van der Waals surface area contributed by atoms with Crippen LogP contribution in [-0.2, 0) is 0 Å². The van der Waals surface area contributed by atoms with Crippen LogP contribution in [0.4, 0.5) is 0 Å². The van der Waals surface area contributed by atoms with E-state index in [1.54, 1.807) is 0 Å². The lowest BCUT2D eigenvalue weighted by atomic mass is 9.33. The van der Waals surface area contributed by atoms with Gasteiger partial charge in [0, 0.05) is 44.0 Å². The summed E-state index contributed by atoms with van der Waals surface area (Å²) in [5.41, 5.74) is 15.5. The van der Waals surface area contributed by atoms with Crippen LogP contribution in [0.25, 0.3) is 55.0 Å². The molecule has 0 bridgehead atoms. The zero-order valence-electron chi connectivity index (χ0n) is 26.8. The molecule has 0 amide bonds. The van der Waals surface area contributed by atoms with E-state index in [0.717, 1.165) is 22.3 Å². The second-order valence-corrected chi connectivity index (χ2v) is 13.5. The van der Waals surface area contributed by atoms with Gasteiger partial charge in [-0.1, -0.05) is 108 Å². The van der Waals surface area contributed by atoms with E-state index in [1.165, 1.54) is 65.5 Å². The minimum Gasteiger partial charge on any atom is -0.310 e. The van der Waals surface area contributed by atoms with Crippen LogP contribution in [-0.4, -0.2) is 22.6 Å². The molecule has 6 heteroatoms. The molecule has 4 heterocycles. The molecule has 0 atom stereocenters. The van der Waals surface area contributed by atoms with Gasteiger partial charge in [0.1, 0.15) is 0 Å². The van der Waals surface area contributed by atoms with Crippen LogP contribution in [0.2, 0.25) is 0 Å². The van der Waals surface area contributed by atoms with Crippen molar-refractivity contribution in [3.63, 3.8) is 0 Å². The van der Waals surface area contributed by atoms with Crippen LogP contribution in [0.15, 0.2) is 146 Å². The van der Waals surface area contributed by atoms with Crippen molar-refractivity contribution in [3.8, 4) is 23.5 Å². The summed E-state index contributed by atoms with van der Waals surface area (Å²) in [6.45, 7) is -0.169. The van der Waals surface area contributed by atoms with E-state index in [1.807, 2.05) is 24.3 Å². The first-order valence-electron chi connectivity index (χ1n) is 17.0. The number of fused-ring (bicyclic) bond motifs is 10. The monoisotopic (exact) mass is 630 g/mol. The zero-order valence-corrected chi connectivity index (χ0v) is 26.8. The normalized spacial score (nSPS) is 12.7. The first kappa shape index (κ1) is 27.2. The van der Waals surface area contributed by atoms with E-state index in [4.69, 9.17) is 0 Å². The van der Waals surface area contributed by atoms with Gasteiger partial charge in [0.05, 0.1) is 34.3 Å². The topological polar surface area (TPSA) is 57.4 Å². The third-order valence-corrected chi connectivity index (χ3v) is 11.1. The van der Waals surface area contributed by atoms with Gasteiger partial charge in [0.25, 0.3) is 0 Å². The number of nitrogens with zero attached hydrogens (tertiary/aromatic N) is 4. The molecule has 0 saturated carbocycles. The smallest absolute Gasteiger partial charge is 0.246 e. The summed E-state index contributed by atoms with van der Waals surface area (Å²) < 4.78 is 4.93. The predicted octanol–water partition coefficient (Wildman–Crippen LogP) is 5.28. The Labute approximate surface area is 288 Å². The Morgan fingerprint density at radius 3 is 1.28 bits per heavy atom. The first-order chi connectivity index (χ1) is 24.7. The SMILES string of the molecule is N#Cc1cccc(B2c3cc4c(cc3-n3c5ccccc5c5cccc2c53)B(c2cccc(C#N)c2)c2cccc3c5ccccc5n-4c23)c1. The van der Waals surface area contributed by atoms with E-state index >= 15 is 0 Å². The highest BCUT2D eigenvalue weighted by Gasteiger charge is 2.39. The van der Waals surface area contributed by atoms with Gasteiger partial charge in [-0.2, -0.15) is 10.5 Å². The summed E-state index contributed by atoms with van der Waals surface area (Å²) in [6.07, 6.45) is 0. The van der Waals surface area contributed by atoms with Crippen LogP contribution in [0.1, 0.15) is 11.1 Å². The van der Waals surface area contributed by atoms with E-state index in [2.05, 4.69) is 143 Å². The van der Waals surface area contributed by atoms with Crippen molar-refractivity contribution in [2.45, 2.75) is 0 Å². The Kier molecular flexibility index (Phi) is 5.39. The first-order valence-corrected chi connectivity index (χ1v) is 17.0. The van der Waals surface area contributed by atoms with Gasteiger partial charge in [-0.25, -0.2) is 0 Å². The Morgan fingerprint density at radius 1 is 0.400 bits per heavy atom. The van der Waals surface area contributed by atoms with Crippen molar-refractivity contribution >= 4 is 89.8 Å². The van der Waals surface area contributed by atoms with Gasteiger partial charge in [-0.05, 0) is 70.4 Å². The summed E-state index contributed by atoms with van der Waals surface area (Å²) >= 11 is 0. The van der Waals surface area contributed by atoms with Gasteiger partial charge < -0.3 is 9.13 Å². The van der Waals surface area contributed by atoms with Crippen molar-refractivity contribution in [1.82, 2.24) is 9.13 Å². The molecule has 0 fully saturated rings. The van der Waals surface area contributed by atoms with Gasteiger partial charge in [-0.15, -0.1) is 0 Å². The Balaban J connectivity index is 1.34. The third-order valence-electron chi connectivity index (χ3n) is 11.1. The molecule has 0 saturated heterocycles. The zero-order chi connectivity index (χ0) is 33.1. The number of hydrogen-bond donors (Lipinski definition) is 0. The molecular weight excluding hydrogens is 606 g/mol. The highest BCUT2D eigenvalue weighted by Crippen LogP contribution is 2.36. The van der Waals surface area contributed by atoms with Crippen LogP contribution in [0.3, 0.4) is 0 Å². The summed E-state index contributed by atoms with van der Waals surface area (Å²) in [4.78, 5) is 0. The molecule has 0 radical (unpaired) electrons. The number of hydrogen-bond acceptors (Lipinski definition) is 2. The van der Waals surface area contributed by atoms with Crippen LogP contribution < -0.4 is 32.8 Å². The minimum atomic E-state index is -0.0843. The summed E-state index contributed by atoms with van der Waals surface area (Å²) in [5.74, 6) is 0. The minimum absolute atomic E-state index is 0.0843. The molecule has 226 valence electrons. The summed E-state index contributed by atoms with van der Waals surface area (Å²) in [7, 11) is 0. The molecule has 9 aromatic rings. The molecule has 0 unspecified atom stereocenters. The number of para-hydroxylation sites is 4. The Morgan fingerprint density at radius 2 is 0.820 bits per heavy atom. The lowest BCUT2D eigenvalue weighted by molar-refractivity contribution is 1.16. The third kappa shape index (κ3) is 3.45. The Bertz CT molecular complexity index is 2840. The number of nitriles is 2. The van der Waals surface area contributed by atoms with E-state index < -0.39 is 0 Å². The second kappa shape index (κ2) is 9.89. The summed E-state index contributed by atoms with van der Waals surface area (Å²) in [6, 6.07) is 56.6. The summed E-state index contributed by atoms with van der Waals surface area (Å²) in [5, 5.41) is 24.8. The molecule has 0 spiro atoms. The molecule has 0 aliphatic carbocycles. The second-order valence-electron chi connectivity index (χ2n) is 13.5. The molecule has 2 aromatic heterocycles. The molecule has 2 aliphatic heterocycles. The van der Waals surface area contributed by atoms with Crippen molar-refractivity contribution in [2.24, 2.45) is 0 Å². The largest absolute Gasteiger partial charge is 0.310 e.